The lowest BCUT2D eigenvalue weighted by Gasteiger charge is -2.17. The molecule has 21 heavy (non-hydrogen) atoms. The van der Waals surface area contributed by atoms with E-state index in [4.69, 9.17) is 0 Å². The second-order valence-corrected chi connectivity index (χ2v) is 4.67. The number of nitrogens with zero attached hydrogens (tertiary/aromatic N) is 1. The predicted molar refractivity (Wildman–Crippen MR) is 86.2 cm³/mol. The Morgan fingerprint density at radius 2 is 1.57 bits per heavy atom. The molecule has 0 aliphatic rings. The first-order chi connectivity index (χ1) is 10.3. The van der Waals surface area contributed by atoms with E-state index in [1.54, 1.807) is 12.3 Å². The molecular formula is C18H19NO2. The molecule has 2 atom stereocenters. The summed E-state index contributed by atoms with van der Waals surface area (Å²) in [7, 11) is 0. The lowest BCUT2D eigenvalue weighted by molar-refractivity contribution is 0.111. The number of aliphatic imine (C=N–C) groups is 1. The Morgan fingerprint density at radius 1 is 0.952 bits per heavy atom. The lowest BCUT2D eigenvalue weighted by Crippen LogP contribution is -2.20. The molecule has 2 aromatic carbocycles. The summed E-state index contributed by atoms with van der Waals surface area (Å²) in [6, 6.07) is 18.6. The van der Waals surface area contributed by atoms with E-state index in [1.807, 2.05) is 66.7 Å². The van der Waals surface area contributed by atoms with Crippen LogP contribution in [-0.4, -0.2) is 29.1 Å². The van der Waals surface area contributed by atoms with Crippen LogP contribution in [0.25, 0.3) is 6.08 Å². The lowest BCUT2D eigenvalue weighted by atomic mass is 10.0. The van der Waals surface area contributed by atoms with Crippen molar-refractivity contribution in [3.8, 4) is 0 Å². The number of rotatable bonds is 6. The zero-order valence-electron chi connectivity index (χ0n) is 11.7. The highest BCUT2D eigenvalue weighted by Gasteiger charge is 2.18. The number of aliphatic hydroxyl groups excluding tert-OH is 2. The molecule has 0 heterocycles. The van der Waals surface area contributed by atoms with Crippen molar-refractivity contribution in [3.05, 3.63) is 77.9 Å². The van der Waals surface area contributed by atoms with Gasteiger partial charge in [-0.3, -0.25) is 4.99 Å². The molecule has 0 radical (unpaired) electrons. The third-order valence-electron chi connectivity index (χ3n) is 3.14. The number of hydrogen-bond acceptors (Lipinski definition) is 3. The zero-order chi connectivity index (χ0) is 14.9. The molecule has 0 unspecified atom stereocenters. The maximum atomic E-state index is 10.2. The quantitative estimate of drug-likeness (QED) is 0.800. The topological polar surface area (TPSA) is 52.8 Å². The fourth-order valence-corrected chi connectivity index (χ4v) is 1.98. The van der Waals surface area contributed by atoms with E-state index in [0.29, 0.717) is 0 Å². The number of hydrogen-bond donors (Lipinski definition) is 2. The molecule has 3 heteroatoms. The summed E-state index contributed by atoms with van der Waals surface area (Å²) < 4.78 is 0. The summed E-state index contributed by atoms with van der Waals surface area (Å²) in [5.74, 6) is 0. The minimum Gasteiger partial charge on any atom is -0.394 e. The zero-order valence-corrected chi connectivity index (χ0v) is 11.7. The van der Waals surface area contributed by atoms with Crippen LogP contribution < -0.4 is 0 Å². The summed E-state index contributed by atoms with van der Waals surface area (Å²) in [5.41, 5.74) is 1.83. The molecule has 0 aliphatic carbocycles. The van der Waals surface area contributed by atoms with Crippen molar-refractivity contribution in [2.75, 3.05) is 6.61 Å². The minimum absolute atomic E-state index is 0.203. The molecule has 0 saturated carbocycles. The highest BCUT2D eigenvalue weighted by molar-refractivity contribution is 5.78. The third-order valence-corrected chi connectivity index (χ3v) is 3.14. The van der Waals surface area contributed by atoms with Crippen molar-refractivity contribution >= 4 is 12.3 Å². The van der Waals surface area contributed by atoms with E-state index in [2.05, 4.69) is 4.99 Å². The van der Waals surface area contributed by atoms with E-state index >= 15 is 0 Å². The van der Waals surface area contributed by atoms with Crippen molar-refractivity contribution in [1.29, 1.82) is 0 Å². The van der Waals surface area contributed by atoms with Crippen LogP contribution in [0.2, 0.25) is 0 Å². The fourth-order valence-electron chi connectivity index (χ4n) is 1.98. The van der Waals surface area contributed by atoms with Crippen LogP contribution in [0.15, 0.2) is 71.7 Å². The Kier molecular flexibility index (Phi) is 5.88. The second kappa shape index (κ2) is 8.15. The van der Waals surface area contributed by atoms with E-state index in [9.17, 15) is 10.2 Å². The van der Waals surface area contributed by atoms with Gasteiger partial charge in [0, 0.05) is 6.21 Å². The Labute approximate surface area is 124 Å². The van der Waals surface area contributed by atoms with Gasteiger partial charge in [0.2, 0.25) is 0 Å². The van der Waals surface area contributed by atoms with Crippen molar-refractivity contribution in [2.24, 2.45) is 4.99 Å². The van der Waals surface area contributed by atoms with Crippen LogP contribution in [0.1, 0.15) is 17.2 Å². The fraction of sp³-hybridized carbons (Fsp3) is 0.167. The highest BCUT2D eigenvalue weighted by Crippen LogP contribution is 2.18. The van der Waals surface area contributed by atoms with Crippen LogP contribution in [0, 0.1) is 0 Å². The first kappa shape index (κ1) is 15.2. The Balaban J connectivity index is 1.99. The number of allylic oxidation sites excluding steroid dienone is 1. The van der Waals surface area contributed by atoms with Gasteiger partial charge >= 0.3 is 0 Å². The van der Waals surface area contributed by atoms with E-state index in [0.717, 1.165) is 11.1 Å². The standard InChI is InChI=1S/C18H19NO2/c20-14-17(18(21)16-11-5-2-6-12-16)19-13-7-10-15-8-3-1-4-9-15/h1-13,17-18,20-21H,14H2/b10-7+,19-13?/t17-,18-/m0/s1. The first-order valence-electron chi connectivity index (χ1n) is 6.90. The largest absolute Gasteiger partial charge is 0.394 e. The molecule has 0 fully saturated rings. The van der Waals surface area contributed by atoms with Crippen LogP contribution in [-0.2, 0) is 0 Å². The second-order valence-electron chi connectivity index (χ2n) is 4.67. The number of aliphatic hydroxyl groups is 2. The van der Waals surface area contributed by atoms with Crippen LogP contribution in [0.4, 0.5) is 0 Å². The van der Waals surface area contributed by atoms with Crippen molar-refractivity contribution in [1.82, 2.24) is 0 Å². The van der Waals surface area contributed by atoms with E-state index in [-0.39, 0.29) is 6.61 Å². The molecule has 0 saturated heterocycles. The Bertz CT molecular complexity index is 579. The molecule has 3 nitrogen and oxygen atoms in total. The predicted octanol–water partition coefficient (Wildman–Crippen LogP) is 2.87. The molecule has 108 valence electrons. The van der Waals surface area contributed by atoms with Gasteiger partial charge in [0.15, 0.2) is 0 Å². The molecular weight excluding hydrogens is 262 g/mol. The Morgan fingerprint density at radius 3 is 2.19 bits per heavy atom. The van der Waals surface area contributed by atoms with Gasteiger partial charge in [0.25, 0.3) is 0 Å². The summed E-state index contributed by atoms with van der Waals surface area (Å²) in [6.07, 6.45) is 4.53. The SMILES string of the molecule is OC[C@H](N=C/C=C/c1ccccc1)[C@@H](O)c1ccccc1. The van der Waals surface area contributed by atoms with Crippen LogP contribution in [0.5, 0.6) is 0 Å². The summed E-state index contributed by atoms with van der Waals surface area (Å²) in [6.45, 7) is -0.203. The van der Waals surface area contributed by atoms with Gasteiger partial charge in [-0.25, -0.2) is 0 Å². The smallest absolute Gasteiger partial charge is 0.104 e. The highest BCUT2D eigenvalue weighted by atomic mass is 16.3. The van der Waals surface area contributed by atoms with Gasteiger partial charge in [-0.05, 0) is 17.2 Å². The van der Waals surface area contributed by atoms with Gasteiger partial charge in [-0.15, -0.1) is 0 Å². The summed E-state index contributed by atoms with van der Waals surface area (Å²) in [4.78, 5) is 4.22. The molecule has 2 N–H and O–H groups in total. The molecule has 2 aromatic rings. The monoisotopic (exact) mass is 281 g/mol. The maximum absolute atomic E-state index is 10.2. The molecule has 2 rings (SSSR count). The summed E-state index contributed by atoms with van der Waals surface area (Å²) >= 11 is 0. The molecule has 0 aliphatic heterocycles. The maximum Gasteiger partial charge on any atom is 0.104 e. The molecule has 0 amide bonds. The average Bonchev–Trinajstić information content (AvgIpc) is 2.56. The van der Waals surface area contributed by atoms with Crippen LogP contribution in [0.3, 0.4) is 0 Å². The van der Waals surface area contributed by atoms with Gasteiger partial charge in [0.05, 0.1) is 6.61 Å². The molecule has 0 spiro atoms. The van der Waals surface area contributed by atoms with Crippen LogP contribution >= 0.6 is 0 Å². The Hall–Kier alpha value is -2.23. The van der Waals surface area contributed by atoms with Gasteiger partial charge < -0.3 is 10.2 Å². The first-order valence-corrected chi connectivity index (χ1v) is 6.90. The van der Waals surface area contributed by atoms with Gasteiger partial charge in [-0.1, -0.05) is 66.7 Å². The van der Waals surface area contributed by atoms with Crippen molar-refractivity contribution in [3.63, 3.8) is 0 Å². The van der Waals surface area contributed by atoms with Crippen molar-refractivity contribution in [2.45, 2.75) is 12.1 Å². The molecule has 0 aromatic heterocycles. The van der Waals surface area contributed by atoms with Gasteiger partial charge in [-0.2, -0.15) is 0 Å². The number of benzene rings is 2. The molecule has 0 bridgehead atoms. The van der Waals surface area contributed by atoms with Crippen molar-refractivity contribution < 1.29 is 10.2 Å². The summed E-state index contributed by atoms with van der Waals surface area (Å²) in [5, 5.41) is 19.6. The minimum atomic E-state index is -0.808. The van der Waals surface area contributed by atoms with E-state index in [1.165, 1.54) is 0 Å². The average molecular weight is 281 g/mol. The normalized spacial score (nSPS) is 14.6. The van der Waals surface area contributed by atoms with E-state index < -0.39 is 12.1 Å². The van der Waals surface area contributed by atoms with Gasteiger partial charge in [0.1, 0.15) is 12.1 Å². The third kappa shape index (κ3) is 4.67.